The summed E-state index contributed by atoms with van der Waals surface area (Å²) in [6.45, 7) is 3.18. The largest absolute Gasteiger partial charge is 0.480 e. The number of aliphatic carboxylic acids is 1. The fourth-order valence-electron chi connectivity index (χ4n) is 1.82. The molecule has 4 heteroatoms. The molecule has 4 nitrogen and oxygen atoms in total. The van der Waals surface area contributed by atoms with Crippen LogP contribution in [0.5, 0.6) is 0 Å². The molecule has 1 aliphatic heterocycles. The van der Waals surface area contributed by atoms with Crippen molar-refractivity contribution in [3.8, 4) is 0 Å². The molecule has 0 spiro atoms. The lowest BCUT2D eigenvalue weighted by molar-refractivity contribution is -0.136. The van der Waals surface area contributed by atoms with Gasteiger partial charge in [0.2, 0.25) is 0 Å². The first kappa shape index (κ1) is 10.5. The second kappa shape index (κ2) is 5.19. The van der Waals surface area contributed by atoms with E-state index in [9.17, 15) is 4.79 Å². The molecule has 0 aromatic carbocycles. The molecular formula is C9H18N2O2. The van der Waals surface area contributed by atoms with Crippen molar-refractivity contribution in [2.75, 3.05) is 33.2 Å². The number of carbonyl (C=O) groups is 1. The highest BCUT2D eigenvalue weighted by Crippen LogP contribution is 2.13. The normalized spacial score (nSPS) is 24.5. The lowest BCUT2D eigenvalue weighted by Gasteiger charge is -2.29. The van der Waals surface area contributed by atoms with E-state index in [1.807, 2.05) is 0 Å². The van der Waals surface area contributed by atoms with Crippen molar-refractivity contribution in [2.24, 2.45) is 5.92 Å². The van der Waals surface area contributed by atoms with Crippen molar-refractivity contribution in [2.45, 2.75) is 12.8 Å². The Morgan fingerprint density at radius 2 is 2.46 bits per heavy atom. The first-order valence-corrected chi connectivity index (χ1v) is 4.79. The highest BCUT2D eigenvalue weighted by molar-refractivity contribution is 5.68. The third-order valence-electron chi connectivity index (χ3n) is 2.43. The second-order valence-electron chi connectivity index (χ2n) is 3.80. The SMILES string of the molecule is CN1CCC[C@@H](CNCC(=O)O)C1. The molecule has 0 saturated carbocycles. The van der Waals surface area contributed by atoms with Gasteiger partial charge in [0.25, 0.3) is 0 Å². The lowest BCUT2D eigenvalue weighted by atomic mass is 9.98. The smallest absolute Gasteiger partial charge is 0.317 e. The number of nitrogens with one attached hydrogen (secondary N) is 1. The van der Waals surface area contributed by atoms with Gasteiger partial charge in [0.15, 0.2) is 0 Å². The van der Waals surface area contributed by atoms with E-state index in [4.69, 9.17) is 5.11 Å². The predicted molar refractivity (Wildman–Crippen MR) is 50.7 cm³/mol. The van der Waals surface area contributed by atoms with Crippen LogP contribution in [0.1, 0.15) is 12.8 Å². The van der Waals surface area contributed by atoms with Gasteiger partial charge in [0.05, 0.1) is 6.54 Å². The van der Waals surface area contributed by atoms with E-state index in [-0.39, 0.29) is 6.54 Å². The molecule has 13 heavy (non-hydrogen) atoms. The van der Waals surface area contributed by atoms with Gasteiger partial charge in [-0.1, -0.05) is 0 Å². The fourth-order valence-corrected chi connectivity index (χ4v) is 1.82. The second-order valence-corrected chi connectivity index (χ2v) is 3.80. The quantitative estimate of drug-likeness (QED) is 0.649. The highest BCUT2D eigenvalue weighted by Gasteiger charge is 2.16. The number of piperidine rings is 1. The highest BCUT2D eigenvalue weighted by atomic mass is 16.4. The van der Waals surface area contributed by atoms with E-state index in [0.717, 1.165) is 13.1 Å². The summed E-state index contributed by atoms with van der Waals surface area (Å²) >= 11 is 0. The first-order valence-electron chi connectivity index (χ1n) is 4.79. The number of likely N-dealkylation sites (tertiary alicyclic amines) is 1. The van der Waals surface area contributed by atoms with Gasteiger partial charge in [0, 0.05) is 6.54 Å². The maximum atomic E-state index is 10.2. The van der Waals surface area contributed by atoms with Crippen LogP contribution in [0, 0.1) is 5.92 Å². The summed E-state index contributed by atoms with van der Waals surface area (Å²) in [5, 5.41) is 11.4. The van der Waals surface area contributed by atoms with Gasteiger partial charge in [0.1, 0.15) is 0 Å². The van der Waals surface area contributed by atoms with E-state index in [1.165, 1.54) is 19.4 Å². The number of nitrogens with zero attached hydrogens (tertiary/aromatic N) is 1. The van der Waals surface area contributed by atoms with Crippen LogP contribution in [-0.2, 0) is 4.79 Å². The van der Waals surface area contributed by atoms with Crippen LogP contribution in [0.2, 0.25) is 0 Å². The van der Waals surface area contributed by atoms with Crippen LogP contribution in [0.3, 0.4) is 0 Å². The molecule has 1 atom stereocenters. The summed E-state index contributed by atoms with van der Waals surface area (Å²) < 4.78 is 0. The van der Waals surface area contributed by atoms with E-state index in [1.54, 1.807) is 0 Å². The van der Waals surface area contributed by atoms with Crippen LogP contribution in [0.15, 0.2) is 0 Å². The molecule has 0 radical (unpaired) electrons. The Labute approximate surface area is 78.9 Å². The monoisotopic (exact) mass is 186 g/mol. The minimum Gasteiger partial charge on any atom is -0.480 e. The predicted octanol–water partition coefficient (Wildman–Crippen LogP) is 0.00240. The minimum absolute atomic E-state index is 0.0835. The van der Waals surface area contributed by atoms with Gasteiger partial charge in [-0.25, -0.2) is 0 Å². The summed E-state index contributed by atoms with van der Waals surface area (Å²) in [5.74, 6) is -0.151. The molecule has 1 heterocycles. The summed E-state index contributed by atoms with van der Waals surface area (Å²) in [7, 11) is 2.11. The Morgan fingerprint density at radius 3 is 3.08 bits per heavy atom. The van der Waals surface area contributed by atoms with Crippen molar-refractivity contribution in [3.05, 3.63) is 0 Å². The van der Waals surface area contributed by atoms with Crippen LogP contribution < -0.4 is 5.32 Å². The number of carboxylic acid groups (broad SMARTS) is 1. The van der Waals surface area contributed by atoms with Crippen LogP contribution in [0.25, 0.3) is 0 Å². The van der Waals surface area contributed by atoms with Gasteiger partial charge in [-0.05, 0) is 38.9 Å². The summed E-state index contributed by atoms with van der Waals surface area (Å²) in [6.07, 6.45) is 2.45. The fraction of sp³-hybridized carbons (Fsp3) is 0.889. The third kappa shape index (κ3) is 4.24. The molecule has 0 aliphatic carbocycles. The Kier molecular flexibility index (Phi) is 4.18. The van der Waals surface area contributed by atoms with Crippen molar-refractivity contribution in [1.29, 1.82) is 0 Å². The third-order valence-corrected chi connectivity index (χ3v) is 2.43. The standard InChI is InChI=1S/C9H18N2O2/c1-11-4-2-3-8(7-11)5-10-6-9(12)13/h8,10H,2-7H2,1H3,(H,12,13)/t8-/m0/s1. The van der Waals surface area contributed by atoms with Crippen molar-refractivity contribution < 1.29 is 9.90 Å². The average molecular weight is 186 g/mol. The Bertz CT molecular complexity index is 173. The summed E-state index contributed by atoms with van der Waals surface area (Å²) in [5.41, 5.74) is 0. The average Bonchev–Trinajstić information content (AvgIpc) is 2.03. The molecule has 1 fully saturated rings. The molecule has 0 unspecified atom stereocenters. The lowest BCUT2D eigenvalue weighted by Crippen LogP contribution is -2.38. The molecule has 1 rings (SSSR count). The van der Waals surface area contributed by atoms with Gasteiger partial charge in [-0.2, -0.15) is 0 Å². The van der Waals surface area contributed by atoms with Gasteiger partial charge in [-0.3, -0.25) is 4.79 Å². The van der Waals surface area contributed by atoms with E-state index in [0.29, 0.717) is 5.92 Å². The van der Waals surface area contributed by atoms with Crippen LogP contribution >= 0.6 is 0 Å². The summed E-state index contributed by atoms with van der Waals surface area (Å²) in [6, 6.07) is 0. The number of hydrogen-bond donors (Lipinski definition) is 2. The maximum absolute atomic E-state index is 10.2. The van der Waals surface area contributed by atoms with Crippen LogP contribution in [0.4, 0.5) is 0 Å². The molecule has 0 aromatic rings. The number of rotatable bonds is 4. The Hall–Kier alpha value is -0.610. The van der Waals surface area contributed by atoms with Gasteiger partial charge < -0.3 is 15.3 Å². The molecule has 1 aliphatic rings. The molecule has 0 bridgehead atoms. The minimum atomic E-state index is -0.774. The molecule has 1 saturated heterocycles. The van der Waals surface area contributed by atoms with Gasteiger partial charge >= 0.3 is 5.97 Å². The zero-order chi connectivity index (χ0) is 9.68. The first-order chi connectivity index (χ1) is 6.18. The molecule has 0 amide bonds. The maximum Gasteiger partial charge on any atom is 0.317 e. The Balaban J connectivity index is 2.10. The zero-order valence-corrected chi connectivity index (χ0v) is 8.12. The van der Waals surface area contributed by atoms with E-state index in [2.05, 4.69) is 17.3 Å². The zero-order valence-electron chi connectivity index (χ0n) is 8.12. The molecule has 76 valence electrons. The molecule has 0 aromatic heterocycles. The number of carboxylic acids is 1. The molecule has 2 N–H and O–H groups in total. The van der Waals surface area contributed by atoms with Crippen molar-refractivity contribution in [1.82, 2.24) is 10.2 Å². The van der Waals surface area contributed by atoms with E-state index < -0.39 is 5.97 Å². The molecular weight excluding hydrogens is 168 g/mol. The van der Waals surface area contributed by atoms with Crippen molar-refractivity contribution >= 4 is 5.97 Å². The Morgan fingerprint density at radius 1 is 1.69 bits per heavy atom. The topological polar surface area (TPSA) is 52.6 Å². The van der Waals surface area contributed by atoms with Gasteiger partial charge in [-0.15, -0.1) is 0 Å². The summed E-state index contributed by atoms with van der Waals surface area (Å²) in [4.78, 5) is 12.5. The van der Waals surface area contributed by atoms with Crippen molar-refractivity contribution in [3.63, 3.8) is 0 Å². The number of hydrogen-bond acceptors (Lipinski definition) is 3. The van der Waals surface area contributed by atoms with Crippen LogP contribution in [-0.4, -0.2) is 49.2 Å². The van der Waals surface area contributed by atoms with E-state index >= 15 is 0 Å².